The molecule has 2 amide bonds. The van der Waals surface area contributed by atoms with Crippen LogP contribution in [0.1, 0.15) is 6.92 Å². The highest BCUT2D eigenvalue weighted by atomic mass is 16.5. The quantitative estimate of drug-likeness (QED) is 0.390. The first kappa shape index (κ1) is 17.6. The molecule has 0 spiro atoms. The number of ether oxygens (including phenoxy) is 1. The van der Waals surface area contributed by atoms with E-state index in [4.69, 9.17) is 9.84 Å². The van der Waals surface area contributed by atoms with Crippen LogP contribution in [-0.2, 0) is 9.53 Å². The van der Waals surface area contributed by atoms with Gasteiger partial charge in [0.15, 0.2) is 6.04 Å². The lowest BCUT2D eigenvalue weighted by atomic mass is 10.2. The zero-order valence-corrected chi connectivity index (χ0v) is 11.5. The number of aliphatic hydroxyl groups is 1. The van der Waals surface area contributed by atoms with Crippen molar-refractivity contribution >= 4 is 12.0 Å². The van der Waals surface area contributed by atoms with Gasteiger partial charge in [-0.1, -0.05) is 0 Å². The molecule has 0 heterocycles. The second-order valence-corrected chi connectivity index (χ2v) is 4.37. The van der Waals surface area contributed by atoms with Gasteiger partial charge in [0.25, 0.3) is 0 Å². The first-order chi connectivity index (χ1) is 8.84. The van der Waals surface area contributed by atoms with Crippen LogP contribution in [-0.4, -0.2) is 79.7 Å². The van der Waals surface area contributed by atoms with Gasteiger partial charge < -0.3 is 30.5 Å². The molecule has 2 atom stereocenters. The summed E-state index contributed by atoms with van der Waals surface area (Å²) in [4.78, 5) is 24.0. The van der Waals surface area contributed by atoms with Crippen molar-refractivity contribution in [1.29, 1.82) is 0 Å². The molecule has 0 saturated carbocycles. The minimum absolute atomic E-state index is 0.269. The van der Waals surface area contributed by atoms with Gasteiger partial charge in [-0.3, -0.25) is 0 Å². The third-order valence-electron chi connectivity index (χ3n) is 2.25. The SMILES string of the molecule is CC(O)C(NC(=O)NCCOCCN(C)C)C(=O)O. The Morgan fingerprint density at radius 1 is 1.32 bits per heavy atom. The number of carbonyl (C=O) groups excluding carboxylic acids is 1. The van der Waals surface area contributed by atoms with E-state index in [1.165, 1.54) is 6.92 Å². The van der Waals surface area contributed by atoms with E-state index in [1.807, 2.05) is 19.0 Å². The van der Waals surface area contributed by atoms with Gasteiger partial charge in [-0.2, -0.15) is 0 Å². The molecule has 0 aliphatic rings. The van der Waals surface area contributed by atoms with E-state index in [2.05, 4.69) is 10.6 Å². The number of hydrogen-bond donors (Lipinski definition) is 4. The van der Waals surface area contributed by atoms with Gasteiger partial charge in [0.05, 0.1) is 19.3 Å². The maximum atomic E-state index is 11.3. The van der Waals surface area contributed by atoms with E-state index in [0.29, 0.717) is 13.2 Å². The molecule has 0 radical (unpaired) electrons. The van der Waals surface area contributed by atoms with Gasteiger partial charge in [0.2, 0.25) is 0 Å². The van der Waals surface area contributed by atoms with Crippen LogP contribution in [0.25, 0.3) is 0 Å². The predicted octanol–water partition coefficient (Wildman–Crippen LogP) is -1.30. The Balaban J connectivity index is 3.72. The molecule has 0 rings (SSSR count). The molecule has 8 nitrogen and oxygen atoms in total. The predicted molar refractivity (Wildman–Crippen MR) is 69.0 cm³/mol. The van der Waals surface area contributed by atoms with Crippen molar-refractivity contribution in [3.8, 4) is 0 Å². The molecule has 0 aliphatic carbocycles. The highest BCUT2D eigenvalue weighted by Gasteiger charge is 2.24. The molecule has 0 aromatic rings. The molecular formula is C11H23N3O5. The number of nitrogens with one attached hydrogen (secondary N) is 2. The summed E-state index contributed by atoms with van der Waals surface area (Å²) in [5.74, 6) is -1.28. The van der Waals surface area contributed by atoms with Crippen molar-refractivity contribution in [2.75, 3.05) is 40.4 Å². The summed E-state index contributed by atoms with van der Waals surface area (Å²) in [6.45, 7) is 3.25. The summed E-state index contributed by atoms with van der Waals surface area (Å²) in [5.41, 5.74) is 0. The number of amides is 2. The Hall–Kier alpha value is -1.38. The monoisotopic (exact) mass is 277 g/mol. The van der Waals surface area contributed by atoms with Gasteiger partial charge in [-0.05, 0) is 21.0 Å². The fraction of sp³-hybridized carbons (Fsp3) is 0.818. The second kappa shape index (κ2) is 9.54. The Morgan fingerprint density at radius 3 is 2.42 bits per heavy atom. The number of nitrogens with zero attached hydrogens (tertiary/aromatic N) is 1. The van der Waals surface area contributed by atoms with Crippen LogP contribution >= 0.6 is 0 Å². The standard InChI is InChI=1S/C11H23N3O5/c1-8(15)9(10(16)17)13-11(18)12-4-6-19-7-5-14(2)3/h8-9,15H,4-7H2,1-3H3,(H,16,17)(H2,12,13,18). The van der Waals surface area contributed by atoms with E-state index < -0.39 is 24.1 Å². The maximum absolute atomic E-state index is 11.3. The number of aliphatic hydroxyl groups excluding tert-OH is 1. The molecule has 0 bridgehead atoms. The molecule has 19 heavy (non-hydrogen) atoms. The number of urea groups is 1. The smallest absolute Gasteiger partial charge is 0.328 e. The second-order valence-electron chi connectivity index (χ2n) is 4.37. The van der Waals surface area contributed by atoms with E-state index >= 15 is 0 Å². The van der Waals surface area contributed by atoms with Crippen LogP contribution in [0, 0.1) is 0 Å². The van der Waals surface area contributed by atoms with Gasteiger partial charge in [-0.25, -0.2) is 9.59 Å². The number of hydrogen-bond acceptors (Lipinski definition) is 5. The lowest BCUT2D eigenvalue weighted by Crippen LogP contribution is -2.51. The van der Waals surface area contributed by atoms with Crippen LogP contribution in [0.4, 0.5) is 4.79 Å². The number of likely N-dealkylation sites (N-methyl/N-ethyl adjacent to an activating group) is 1. The van der Waals surface area contributed by atoms with Gasteiger partial charge >= 0.3 is 12.0 Å². The Bertz CT molecular complexity index is 284. The van der Waals surface area contributed by atoms with E-state index in [0.717, 1.165) is 6.54 Å². The molecular weight excluding hydrogens is 254 g/mol. The number of carboxylic acid groups (broad SMARTS) is 1. The normalized spacial score (nSPS) is 13.9. The number of carbonyl (C=O) groups is 2. The first-order valence-electron chi connectivity index (χ1n) is 6.02. The van der Waals surface area contributed by atoms with Crippen molar-refractivity contribution in [1.82, 2.24) is 15.5 Å². The summed E-state index contributed by atoms with van der Waals surface area (Å²) in [7, 11) is 3.86. The van der Waals surface area contributed by atoms with Crippen molar-refractivity contribution in [2.24, 2.45) is 0 Å². The summed E-state index contributed by atoms with van der Waals surface area (Å²) < 4.78 is 5.24. The highest BCUT2D eigenvalue weighted by Crippen LogP contribution is 1.92. The largest absolute Gasteiger partial charge is 0.480 e. The van der Waals surface area contributed by atoms with Crippen molar-refractivity contribution in [3.63, 3.8) is 0 Å². The summed E-state index contributed by atoms with van der Waals surface area (Å²) in [5, 5.41) is 22.5. The first-order valence-corrected chi connectivity index (χ1v) is 6.02. The van der Waals surface area contributed by atoms with Crippen LogP contribution in [0.2, 0.25) is 0 Å². The molecule has 0 aromatic heterocycles. The number of rotatable bonds is 9. The van der Waals surface area contributed by atoms with Gasteiger partial charge in [0.1, 0.15) is 0 Å². The van der Waals surface area contributed by atoms with E-state index in [-0.39, 0.29) is 6.54 Å². The summed E-state index contributed by atoms with van der Waals surface area (Å²) >= 11 is 0. The molecule has 0 aromatic carbocycles. The lowest BCUT2D eigenvalue weighted by Gasteiger charge is -2.17. The molecule has 0 saturated heterocycles. The molecule has 112 valence electrons. The van der Waals surface area contributed by atoms with Crippen molar-refractivity contribution in [2.45, 2.75) is 19.1 Å². The molecule has 4 N–H and O–H groups in total. The minimum Gasteiger partial charge on any atom is -0.480 e. The van der Waals surface area contributed by atoms with Crippen LogP contribution < -0.4 is 10.6 Å². The number of carboxylic acids is 1. The highest BCUT2D eigenvalue weighted by molar-refractivity contribution is 5.82. The minimum atomic E-state index is -1.32. The molecule has 0 fully saturated rings. The zero-order valence-electron chi connectivity index (χ0n) is 11.5. The Kier molecular flexibility index (Phi) is 8.84. The topological polar surface area (TPSA) is 111 Å². The number of aliphatic carboxylic acids is 1. The van der Waals surface area contributed by atoms with Crippen LogP contribution in [0.3, 0.4) is 0 Å². The fourth-order valence-corrected chi connectivity index (χ4v) is 1.17. The Labute approximate surface area is 112 Å². The van der Waals surface area contributed by atoms with Gasteiger partial charge in [0, 0.05) is 13.1 Å². The van der Waals surface area contributed by atoms with Crippen LogP contribution in [0.5, 0.6) is 0 Å². The lowest BCUT2D eigenvalue weighted by molar-refractivity contribution is -0.141. The van der Waals surface area contributed by atoms with Crippen LogP contribution in [0.15, 0.2) is 0 Å². The van der Waals surface area contributed by atoms with E-state index in [9.17, 15) is 14.7 Å². The molecule has 0 aliphatic heterocycles. The Morgan fingerprint density at radius 2 is 1.95 bits per heavy atom. The average Bonchev–Trinajstić information content (AvgIpc) is 2.29. The van der Waals surface area contributed by atoms with Crippen molar-refractivity contribution < 1.29 is 24.5 Å². The summed E-state index contributed by atoms with van der Waals surface area (Å²) in [6, 6.07) is -1.97. The van der Waals surface area contributed by atoms with Crippen molar-refractivity contribution in [3.05, 3.63) is 0 Å². The molecule has 2 unspecified atom stereocenters. The molecule has 8 heteroatoms. The summed E-state index contributed by atoms with van der Waals surface area (Å²) in [6.07, 6.45) is -1.17. The third kappa shape index (κ3) is 9.23. The van der Waals surface area contributed by atoms with E-state index in [1.54, 1.807) is 0 Å². The zero-order chi connectivity index (χ0) is 14.8. The third-order valence-corrected chi connectivity index (χ3v) is 2.25. The van der Waals surface area contributed by atoms with Gasteiger partial charge in [-0.15, -0.1) is 0 Å². The average molecular weight is 277 g/mol. The fourth-order valence-electron chi connectivity index (χ4n) is 1.17. The maximum Gasteiger partial charge on any atom is 0.328 e.